The molecule has 0 heterocycles. The van der Waals surface area contributed by atoms with Gasteiger partial charge in [0.25, 0.3) is 0 Å². The Hall–Kier alpha value is -1.82. The molecule has 100 valence electrons. The third kappa shape index (κ3) is 6.05. The van der Waals surface area contributed by atoms with Crippen molar-refractivity contribution in [2.24, 2.45) is 0 Å². The molecule has 1 rings (SSSR count). The van der Waals surface area contributed by atoms with E-state index in [2.05, 4.69) is 10.6 Å². The summed E-state index contributed by atoms with van der Waals surface area (Å²) in [5, 5.41) is 8.65. The quantitative estimate of drug-likeness (QED) is 0.609. The zero-order valence-electron chi connectivity index (χ0n) is 10.6. The molecule has 0 saturated carbocycles. The van der Waals surface area contributed by atoms with Gasteiger partial charge < -0.3 is 0 Å². The molecule has 0 fully saturated rings. The standard InChI is InChI=1S/C14H16N2O2S/c1-2-3-4-5-10-16-19(17,18)12-14-8-6-13(11-15)7-9-14/h1,6-9,16H,3-5,10,12H2. The first kappa shape index (κ1) is 15.2. The molecule has 0 spiro atoms. The number of hydrogen-bond acceptors (Lipinski definition) is 3. The molecule has 0 aromatic heterocycles. The van der Waals surface area contributed by atoms with Crippen molar-refractivity contribution in [1.82, 2.24) is 4.72 Å². The highest BCUT2D eigenvalue weighted by atomic mass is 32.2. The highest BCUT2D eigenvalue weighted by Crippen LogP contribution is 2.07. The van der Waals surface area contributed by atoms with E-state index in [1.165, 1.54) is 0 Å². The maximum atomic E-state index is 11.8. The third-order valence-electron chi connectivity index (χ3n) is 2.51. The fourth-order valence-corrected chi connectivity index (χ4v) is 2.71. The normalized spacial score (nSPS) is 10.6. The van der Waals surface area contributed by atoms with E-state index in [4.69, 9.17) is 11.7 Å². The lowest BCUT2D eigenvalue weighted by Crippen LogP contribution is -2.26. The average Bonchev–Trinajstić information content (AvgIpc) is 2.39. The van der Waals surface area contributed by atoms with E-state index in [1.54, 1.807) is 24.3 Å². The first-order chi connectivity index (χ1) is 9.07. The van der Waals surface area contributed by atoms with Crippen LogP contribution in [0.3, 0.4) is 0 Å². The van der Waals surface area contributed by atoms with E-state index in [0.29, 0.717) is 24.1 Å². The molecule has 0 aliphatic carbocycles. The van der Waals surface area contributed by atoms with Gasteiger partial charge in [-0.3, -0.25) is 0 Å². The molecule has 5 heteroatoms. The van der Waals surface area contributed by atoms with Gasteiger partial charge in [-0.25, -0.2) is 13.1 Å². The van der Waals surface area contributed by atoms with Crippen LogP contribution in [0.25, 0.3) is 0 Å². The first-order valence-corrected chi connectivity index (χ1v) is 7.62. The number of nitrogens with one attached hydrogen (secondary N) is 1. The minimum atomic E-state index is -3.33. The Morgan fingerprint density at radius 3 is 2.47 bits per heavy atom. The van der Waals surface area contributed by atoms with Crippen molar-refractivity contribution in [3.8, 4) is 18.4 Å². The van der Waals surface area contributed by atoms with E-state index >= 15 is 0 Å². The molecule has 4 nitrogen and oxygen atoms in total. The summed E-state index contributed by atoms with van der Waals surface area (Å²) in [6.45, 7) is 0.403. The van der Waals surface area contributed by atoms with Crippen molar-refractivity contribution in [2.75, 3.05) is 6.54 Å². The van der Waals surface area contributed by atoms with Gasteiger partial charge in [-0.1, -0.05) is 12.1 Å². The largest absolute Gasteiger partial charge is 0.215 e. The van der Waals surface area contributed by atoms with Crippen LogP contribution in [0, 0.1) is 23.7 Å². The summed E-state index contributed by atoms with van der Waals surface area (Å²) in [5.74, 6) is 2.44. The van der Waals surface area contributed by atoms with Crippen molar-refractivity contribution >= 4 is 10.0 Å². The SMILES string of the molecule is C#CCCCCNS(=O)(=O)Cc1ccc(C#N)cc1. The molecule has 0 aliphatic heterocycles. The highest BCUT2D eigenvalue weighted by Gasteiger charge is 2.10. The average molecular weight is 276 g/mol. The van der Waals surface area contributed by atoms with Crippen molar-refractivity contribution in [3.63, 3.8) is 0 Å². The van der Waals surface area contributed by atoms with Crippen molar-refractivity contribution in [2.45, 2.75) is 25.0 Å². The molecule has 1 aromatic rings. The maximum absolute atomic E-state index is 11.8. The second-order valence-corrected chi connectivity index (χ2v) is 5.93. The summed E-state index contributed by atoms with van der Waals surface area (Å²) >= 11 is 0. The van der Waals surface area contributed by atoms with Gasteiger partial charge >= 0.3 is 0 Å². The van der Waals surface area contributed by atoms with Crippen LogP contribution in [0.5, 0.6) is 0 Å². The Morgan fingerprint density at radius 2 is 1.89 bits per heavy atom. The molecular weight excluding hydrogens is 260 g/mol. The zero-order valence-corrected chi connectivity index (χ0v) is 11.4. The summed E-state index contributed by atoms with van der Waals surface area (Å²) in [4.78, 5) is 0. The molecule has 0 atom stereocenters. The minimum absolute atomic E-state index is 0.0755. The second-order valence-electron chi connectivity index (χ2n) is 4.12. The molecule has 1 N–H and O–H groups in total. The number of hydrogen-bond donors (Lipinski definition) is 1. The number of terminal acetylenes is 1. The Labute approximate surface area is 114 Å². The van der Waals surface area contributed by atoms with Crippen LogP contribution in [-0.2, 0) is 15.8 Å². The fraction of sp³-hybridized carbons (Fsp3) is 0.357. The van der Waals surface area contributed by atoms with Gasteiger partial charge in [0.1, 0.15) is 0 Å². The summed E-state index contributed by atoms with van der Waals surface area (Å²) in [7, 11) is -3.33. The second kappa shape index (κ2) is 7.58. The number of nitrogens with zero attached hydrogens (tertiary/aromatic N) is 1. The maximum Gasteiger partial charge on any atom is 0.215 e. The Morgan fingerprint density at radius 1 is 1.21 bits per heavy atom. The molecule has 0 aliphatic rings. The Kier molecular flexibility index (Phi) is 6.08. The summed E-state index contributed by atoms with van der Waals surface area (Å²) in [5.41, 5.74) is 1.18. The first-order valence-electron chi connectivity index (χ1n) is 5.97. The summed E-state index contributed by atoms with van der Waals surface area (Å²) < 4.78 is 26.1. The smallest absolute Gasteiger partial charge is 0.215 e. The van der Waals surface area contributed by atoms with Gasteiger partial charge in [-0.05, 0) is 30.5 Å². The summed E-state index contributed by atoms with van der Waals surface area (Å²) in [6.07, 6.45) is 7.32. The number of nitriles is 1. The molecule has 0 bridgehead atoms. The van der Waals surface area contributed by atoms with Gasteiger partial charge in [0.05, 0.1) is 17.4 Å². The lowest BCUT2D eigenvalue weighted by Gasteiger charge is -2.06. The molecule has 0 radical (unpaired) electrons. The van der Waals surface area contributed by atoms with E-state index in [9.17, 15) is 8.42 Å². The van der Waals surface area contributed by atoms with Crippen molar-refractivity contribution < 1.29 is 8.42 Å². The third-order valence-corrected chi connectivity index (χ3v) is 3.87. The van der Waals surface area contributed by atoms with Gasteiger partial charge in [-0.15, -0.1) is 12.3 Å². The number of sulfonamides is 1. The van der Waals surface area contributed by atoms with Crippen LogP contribution in [0.15, 0.2) is 24.3 Å². The van der Waals surface area contributed by atoms with E-state index in [0.717, 1.165) is 12.8 Å². The van der Waals surface area contributed by atoms with Crippen LogP contribution in [0.1, 0.15) is 30.4 Å². The topological polar surface area (TPSA) is 70.0 Å². The van der Waals surface area contributed by atoms with Crippen molar-refractivity contribution in [1.29, 1.82) is 5.26 Å². The van der Waals surface area contributed by atoms with Crippen LogP contribution < -0.4 is 4.72 Å². The van der Waals surface area contributed by atoms with E-state index in [-0.39, 0.29) is 5.75 Å². The van der Waals surface area contributed by atoms with Gasteiger partial charge in [0, 0.05) is 13.0 Å². The van der Waals surface area contributed by atoms with Gasteiger partial charge in [0.2, 0.25) is 10.0 Å². The number of benzene rings is 1. The van der Waals surface area contributed by atoms with Crippen LogP contribution in [-0.4, -0.2) is 15.0 Å². The monoisotopic (exact) mass is 276 g/mol. The lowest BCUT2D eigenvalue weighted by atomic mass is 10.2. The predicted octanol–water partition coefficient (Wildman–Crippen LogP) is 1.78. The lowest BCUT2D eigenvalue weighted by molar-refractivity contribution is 0.576. The van der Waals surface area contributed by atoms with Crippen molar-refractivity contribution in [3.05, 3.63) is 35.4 Å². The van der Waals surface area contributed by atoms with Crippen LogP contribution in [0.2, 0.25) is 0 Å². The molecular formula is C14H16N2O2S. The summed E-state index contributed by atoms with van der Waals surface area (Å²) in [6, 6.07) is 8.51. The predicted molar refractivity (Wildman–Crippen MR) is 74.5 cm³/mol. The van der Waals surface area contributed by atoms with E-state index < -0.39 is 10.0 Å². The minimum Gasteiger partial charge on any atom is -0.215 e. The van der Waals surface area contributed by atoms with Gasteiger partial charge in [-0.2, -0.15) is 5.26 Å². The van der Waals surface area contributed by atoms with E-state index in [1.807, 2.05) is 6.07 Å². The number of rotatable bonds is 7. The van der Waals surface area contributed by atoms with Crippen LogP contribution >= 0.6 is 0 Å². The van der Waals surface area contributed by atoms with Gasteiger partial charge in [0.15, 0.2) is 0 Å². The number of unbranched alkanes of at least 4 members (excludes halogenated alkanes) is 2. The molecule has 1 aromatic carbocycles. The zero-order chi connectivity index (χ0) is 14.1. The fourth-order valence-electron chi connectivity index (χ4n) is 1.53. The molecule has 0 saturated heterocycles. The molecule has 19 heavy (non-hydrogen) atoms. The molecule has 0 amide bonds. The van der Waals surface area contributed by atoms with Crippen LogP contribution in [0.4, 0.5) is 0 Å². The Bertz CT molecular complexity index is 577. The molecule has 0 unspecified atom stereocenters. The Balaban J connectivity index is 2.45. The highest BCUT2D eigenvalue weighted by molar-refractivity contribution is 7.88.